The van der Waals surface area contributed by atoms with Gasteiger partial charge in [0.25, 0.3) is 0 Å². The van der Waals surface area contributed by atoms with Crippen LogP contribution in [0.4, 0.5) is 0 Å². The van der Waals surface area contributed by atoms with E-state index in [1.54, 1.807) is 7.05 Å². The maximum absolute atomic E-state index is 11.4. The predicted octanol–water partition coefficient (Wildman–Crippen LogP) is 0.972. The number of hydrogen-bond acceptors (Lipinski definition) is 4. The molecule has 1 unspecified atom stereocenters. The number of ether oxygens (including phenoxy) is 1. The van der Waals surface area contributed by atoms with E-state index in [0.29, 0.717) is 6.42 Å². The number of rotatable bonds is 5. The van der Waals surface area contributed by atoms with Crippen LogP contribution >= 0.6 is 0 Å². The van der Waals surface area contributed by atoms with Crippen LogP contribution in [0, 0.1) is 5.92 Å². The molecule has 5 nitrogen and oxygen atoms in total. The van der Waals surface area contributed by atoms with Gasteiger partial charge in [-0.25, -0.2) is 0 Å². The molecule has 0 aromatic heterocycles. The topological polar surface area (TPSA) is 70.6 Å². The van der Waals surface area contributed by atoms with Gasteiger partial charge in [0.2, 0.25) is 11.8 Å². The van der Waals surface area contributed by atoms with E-state index in [9.17, 15) is 9.90 Å². The van der Waals surface area contributed by atoms with Crippen LogP contribution in [-0.2, 0) is 9.53 Å². The van der Waals surface area contributed by atoms with Crippen LogP contribution in [0.15, 0.2) is 0 Å². The zero-order chi connectivity index (χ0) is 14.0. The highest BCUT2D eigenvalue weighted by atomic mass is 16.7. The number of nitrogens with one attached hydrogen (secondary N) is 2. The summed E-state index contributed by atoms with van der Waals surface area (Å²) in [7, 11) is 1.65. The number of carbonyl (C=O) groups excluding carboxylic acids is 1. The summed E-state index contributed by atoms with van der Waals surface area (Å²) in [6.45, 7) is 7.59. The maximum atomic E-state index is 11.4. The second-order valence-electron chi connectivity index (χ2n) is 5.98. The minimum atomic E-state index is -1.31. The quantitative estimate of drug-likeness (QED) is 0.643. The molecule has 1 aliphatic carbocycles. The van der Waals surface area contributed by atoms with Gasteiger partial charge in [0.1, 0.15) is 0 Å². The molecule has 1 fully saturated rings. The maximum Gasteiger partial charge on any atom is 0.225 e. The minimum absolute atomic E-state index is 0.0586. The molecule has 1 amide bonds. The molecule has 0 radical (unpaired) electrons. The first kappa shape index (κ1) is 15.4. The van der Waals surface area contributed by atoms with Crippen molar-refractivity contribution >= 4 is 5.91 Å². The number of hydrogen-bond donors (Lipinski definition) is 3. The Bertz CT molecular complexity index is 295. The van der Waals surface area contributed by atoms with Crippen LogP contribution in [0.5, 0.6) is 0 Å². The third-order valence-corrected chi connectivity index (χ3v) is 3.14. The van der Waals surface area contributed by atoms with E-state index in [0.717, 1.165) is 12.8 Å². The van der Waals surface area contributed by atoms with Crippen LogP contribution < -0.4 is 10.6 Å². The Labute approximate surface area is 109 Å². The molecule has 1 rings (SSSR count). The smallest absolute Gasteiger partial charge is 0.225 e. The van der Waals surface area contributed by atoms with Crippen molar-refractivity contribution in [2.75, 3.05) is 7.05 Å². The molecule has 0 spiro atoms. The Hall–Kier alpha value is -0.650. The first-order valence-corrected chi connectivity index (χ1v) is 6.61. The fourth-order valence-corrected chi connectivity index (χ4v) is 2.18. The fraction of sp³-hybridized carbons (Fsp3) is 0.923. The lowest BCUT2D eigenvalue weighted by molar-refractivity contribution is -0.278. The Kier molecular flexibility index (Phi) is 4.75. The summed E-state index contributed by atoms with van der Waals surface area (Å²) >= 11 is 0. The molecule has 0 saturated heterocycles. The molecule has 0 bridgehead atoms. The predicted molar refractivity (Wildman–Crippen MR) is 69.8 cm³/mol. The summed E-state index contributed by atoms with van der Waals surface area (Å²) in [5.41, 5.74) is -0.415. The van der Waals surface area contributed by atoms with Crippen molar-refractivity contribution < 1.29 is 14.6 Å². The lowest BCUT2D eigenvalue weighted by atomic mass is 9.79. The van der Waals surface area contributed by atoms with Crippen LogP contribution in [-0.4, -0.2) is 35.6 Å². The van der Waals surface area contributed by atoms with Crippen molar-refractivity contribution in [3.05, 3.63) is 0 Å². The standard InChI is InChI=1S/C13H26N2O3/c1-6-13(17,18-12(2,3)4)15-10-7-9(8-10)11(16)14-5/h9-10,15,17H,6-8H2,1-5H3,(H,14,16). The number of amides is 1. The molecule has 0 heterocycles. The first-order chi connectivity index (χ1) is 8.19. The minimum Gasteiger partial charge on any atom is -0.359 e. The normalized spacial score (nSPS) is 27.2. The van der Waals surface area contributed by atoms with E-state index in [2.05, 4.69) is 10.6 Å². The highest BCUT2D eigenvalue weighted by Gasteiger charge is 2.40. The van der Waals surface area contributed by atoms with Gasteiger partial charge >= 0.3 is 0 Å². The van der Waals surface area contributed by atoms with E-state index < -0.39 is 11.5 Å². The SMILES string of the molecule is CCC(O)(NC1CC(C(=O)NC)C1)OC(C)(C)C. The summed E-state index contributed by atoms with van der Waals surface area (Å²) in [6, 6.07) is 0.139. The van der Waals surface area contributed by atoms with Crippen molar-refractivity contribution in [1.29, 1.82) is 0 Å². The van der Waals surface area contributed by atoms with Crippen molar-refractivity contribution in [2.45, 2.75) is 64.5 Å². The number of aliphatic hydroxyl groups is 1. The Morgan fingerprint density at radius 2 is 1.94 bits per heavy atom. The van der Waals surface area contributed by atoms with Crippen LogP contribution in [0.3, 0.4) is 0 Å². The lowest BCUT2D eigenvalue weighted by Crippen LogP contribution is -2.59. The molecule has 1 atom stereocenters. The summed E-state index contributed by atoms with van der Waals surface area (Å²) < 4.78 is 5.65. The number of carbonyl (C=O) groups is 1. The third kappa shape index (κ3) is 4.23. The van der Waals surface area contributed by atoms with E-state index >= 15 is 0 Å². The highest BCUT2D eigenvalue weighted by molar-refractivity contribution is 5.79. The van der Waals surface area contributed by atoms with Gasteiger partial charge in [-0.05, 0) is 33.6 Å². The summed E-state index contributed by atoms with van der Waals surface area (Å²) in [5, 5.41) is 16.1. The Morgan fingerprint density at radius 3 is 2.33 bits per heavy atom. The van der Waals surface area contributed by atoms with Gasteiger partial charge in [-0.1, -0.05) is 6.92 Å². The average Bonchev–Trinajstić information content (AvgIpc) is 2.19. The molecular weight excluding hydrogens is 232 g/mol. The van der Waals surface area contributed by atoms with Gasteiger partial charge in [0, 0.05) is 25.4 Å². The Morgan fingerprint density at radius 1 is 1.39 bits per heavy atom. The molecule has 3 N–H and O–H groups in total. The molecular formula is C13H26N2O3. The zero-order valence-electron chi connectivity index (χ0n) is 12.0. The second kappa shape index (κ2) is 5.55. The lowest BCUT2D eigenvalue weighted by Gasteiger charge is -2.42. The monoisotopic (exact) mass is 258 g/mol. The fourth-order valence-electron chi connectivity index (χ4n) is 2.18. The largest absolute Gasteiger partial charge is 0.359 e. The van der Waals surface area contributed by atoms with Gasteiger partial charge in [0.05, 0.1) is 5.60 Å². The van der Waals surface area contributed by atoms with Gasteiger partial charge < -0.3 is 15.2 Å². The van der Waals surface area contributed by atoms with Crippen LogP contribution in [0.1, 0.15) is 47.0 Å². The molecule has 1 aliphatic rings. The molecule has 0 aliphatic heterocycles. The third-order valence-electron chi connectivity index (χ3n) is 3.14. The average molecular weight is 258 g/mol. The van der Waals surface area contributed by atoms with Gasteiger partial charge in [-0.15, -0.1) is 0 Å². The van der Waals surface area contributed by atoms with Gasteiger partial charge in [-0.3, -0.25) is 10.1 Å². The summed E-state index contributed by atoms with van der Waals surface area (Å²) in [6.07, 6.45) is 1.95. The van der Waals surface area contributed by atoms with E-state index in [1.807, 2.05) is 27.7 Å². The van der Waals surface area contributed by atoms with E-state index in [4.69, 9.17) is 4.74 Å². The van der Waals surface area contributed by atoms with Crippen molar-refractivity contribution in [2.24, 2.45) is 5.92 Å². The molecule has 106 valence electrons. The summed E-state index contributed by atoms with van der Waals surface area (Å²) in [4.78, 5) is 11.4. The Balaban J connectivity index is 2.44. The molecule has 18 heavy (non-hydrogen) atoms. The van der Waals surface area contributed by atoms with Gasteiger partial charge in [0.15, 0.2) is 0 Å². The second-order valence-corrected chi connectivity index (χ2v) is 5.98. The molecule has 0 aromatic rings. The van der Waals surface area contributed by atoms with Gasteiger partial charge in [-0.2, -0.15) is 0 Å². The molecule has 5 heteroatoms. The van der Waals surface area contributed by atoms with E-state index in [1.165, 1.54) is 0 Å². The van der Waals surface area contributed by atoms with Crippen LogP contribution in [0.25, 0.3) is 0 Å². The van der Waals surface area contributed by atoms with Crippen molar-refractivity contribution in [3.8, 4) is 0 Å². The highest BCUT2D eigenvalue weighted by Crippen LogP contribution is 2.30. The van der Waals surface area contributed by atoms with Crippen LogP contribution in [0.2, 0.25) is 0 Å². The first-order valence-electron chi connectivity index (χ1n) is 6.61. The van der Waals surface area contributed by atoms with Crippen molar-refractivity contribution in [1.82, 2.24) is 10.6 Å². The molecule has 1 saturated carbocycles. The summed E-state index contributed by atoms with van der Waals surface area (Å²) in [5.74, 6) is -1.18. The molecule has 0 aromatic carbocycles. The zero-order valence-corrected chi connectivity index (χ0v) is 12.0. The van der Waals surface area contributed by atoms with E-state index in [-0.39, 0.29) is 17.9 Å². The van der Waals surface area contributed by atoms with Crippen molar-refractivity contribution in [3.63, 3.8) is 0 Å².